The molecule has 0 bridgehead atoms. The molecule has 1 heterocycles. The molecule has 1 N–H and O–H groups in total. The number of aromatic nitrogens is 1. The fourth-order valence-electron chi connectivity index (χ4n) is 3.57. The molecular formula is C27H25NO5. The van der Waals surface area contributed by atoms with E-state index in [4.69, 9.17) is 18.9 Å². The molecule has 0 atom stereocenters. The summed E-state index contributed by atoms with van der Waals surface area (Å²) in [4.78, 5) is 16.1. The van der Waals surface area contributed by atoms with Crippen molar-refractivity contribution in [2.45, 2.75) is 6.61 Å². The van der Waals surface area contributed by atoms with Crippen LogP contribution in [0.25, 0.3) is 17.0 Å². The molecule has 0 amide bonds. The van der Waals surface area contributed by atoms with Crippen LogP contribution in [0, 0.1) is 0 Å². The Morgan fingerprint density at radius 3 is 2.30 bits per heavy atom. The van der Waals surface area contributed by atoms with Gasteiger partial charge >= 0.3 is 0 Å². The maximum atomic E-state index is 12.9. The molecule has 0 spiro atoms. The Hall–Kier alpha value is -4.19. The molecule has 1 aromatic heterocycles. The average molecular weight is 443 g/mol. The second-order valence-corrected chi connectivity index (χ2v) is 7.34. The summed E-state index contributed by atoms with van der Waals surface area (Å²) in [6.07, 6.45) is 5.18. The fourth-order valence-corrected chi connectivity index (χ4v) is 3.57. The summed E-state index contributed by atoms with van der Waals surface area (Å²) in [6.45, 7) is 0.488. The van der Waals surface area contributed by atoms with E-state index in [1.165, 1.54) is 27.4 Å². The molecule has 0 aliphatic rings. The lowest BCUT2D eigenvalue weighted by Crippen LogP contribution is -2.00. The molecule has 0 unspecified atom stereocenters. The van der Waals surface area contributed by atoms with Crippen LogP contribution in [0.3, 0.4) is 0 Å². The highest BCUT2D eigenvalue weighted by atomic mass is 16.5. The van der Waals surface area contributed by atoms with Crippen LogP contribution in [0.1, 0.15) is 21.5 Å². The summed E-state index contributed by atoms with van der Waals surface area (Å²) in [7, 11) is 4.56. The van der Waals surface area contributed by atoms with Crippen LogP contribution in [0.15, 0.2) is 72.9 Å². The van der Waals surface area contributed by atoms with E-state index < -0.39 is 0 Å². The van der Waals surface area contributed by atoms with Crippen LogP contribution < -0.4 is 18.9 Å². The quantitative estimate of drug-likeness (QED) is 0.267. The lowest BCUT2D eigenvalue weighted by atomic mass is 10.1. The zero-order chi connectivity index (χ0) is 23.2. The van der Waals surface area contributed by atoms with Crippen LogP contribution in [-0.4, -0.2) is 32.1 Å². The van der Waals surface area contributed by atoms with Gasteiger partial charge in [0.25, 0.3) is 0 Å². The number of rotatable bonds is 9. The maximum Gasteiger partial charge on any atom is 0.203 e. The van der Waals surface area contributed by atoms with E-state index >= 15 is 0 Å². The Morgan fingerprint density at radius 2 is 1.64 bits per heavy atom. The van der Waals surface area contributed by atoms with Gasteiger partial charge in [0, 0.05) is 28.2 Å². The second-order valence-electron chi connectivity index (χ2n) is 7.34. The lowest BCUT2D eigenvalue weighted by molar-refractivity contribution is 0.104. The number of ketones is 1. The molecule has 0 saturated heterocycles. The molecule has 0 fully saturated rings. The topological polar surface area (TPSA) is 69.8 Å². The van der Waals surface area contributed by atoms with Crippen LogP contribution in [-0.2, 0) is 6.61 Å². The van der Waals surface area contributed by atoms with Gasteiger partial charge in [0.05, 0.1) is 21.3 Å². The molecule has 3 aromatic carbocycles. The highest BCUT2D eigenvalue weighted by Gasteiger charge is 2.16. The third kappa shape index (κ3) is 4.85. The zero-order valence-corrected chi connectivity index (χ0v) is 18.8. The number of ether oxygens (including phenoxy) is 4. The lowest BCUT2D eigenvalue weighted by Gasteiger charge is -2.13. The zero-order valence-electron chi connectivity index (χ0n) is 18.8. The van der Waals surface area contributed by atoms with E-state index in [9.17, 15) is 4.79 Å². The Bertz CT molecular complexity index is 1270. The molecule has 4 aromatic rings. The van der Waals surface area contributed by atoms with Crippen LogP contribution in [0.2, 0.25) is 0 Å². The normalized spacial score (nSPS) is 11.0. The van der Waals surface area contributed by atoms with Gasteiger partial charge in [-0.3, -0.25) is 4.79 Å². The van der Waals surface area contributed by atoms with Gasteiger partial charge in [-0.1, -0.05) is 30.3 Å². The minimum Gasteiger partial charge on any atom is -0.493 e. The number of H-pyrrole nitrogens is 1. The first-order valence-electron chi connectivity index (χ1n) is 10.4. The number of carbonyl (C=O) groups is 1. The van der Waals surface area contributed by atoms with Gasteiger partial charge in [-0.25, -0.2) is 0 Å². The number of allylic oxidation sites excluding steroid dienone is 1. The third-order valence-electron chi connectivity index (χ3n) is 5.30. The fraction of sp³-hybridized carbons (Fsp3) is 0.148. The smallest absolute Gasteiger partial charge is 0.203 e. The van der Waals surface area contributed by atoms with Crippen molar-refractivity contribution in [3.05, 3.63) is 89.6 Å². The van der Waals surface area contributed by atoms with E-state index in [0.29, 0.717) is 29.4 Å². The first kappa shape index (κ1) is 22.0. The van der Waals surface area contributed by atoms with Gasteiger partial charge in [0.2, 0.25) is 5.75 Å². The van der Waals surface area contributed by atoms with Gasteiger partial charge < -0.3 is 23.9 Å². The van der Waals surface area contributed by atoms with Crippen molar-refractivity contribution in [2.75, 3.05) is 21.3 Å². The summed E-state index contributed by atoms with van der Waals surface area (Å²) in [5.41, 5.74) is 3.38. The van der Waals surface area contributed by atoms with Crippen molar-refractivity contribution in [1.82, 2.24) is 4.98 Å². The first-order valence-corrected chi connectivity index (χ1v) is 10.4. The van der Waals surface area contributed by atoms with Crippen LogP contribution >= 0.6 is 0 Å². The van der Waals surface area contributed by atoms with Crippen molar-refractivity contribution in [3.8, 4) is 23.0 Å². The standard InChI is InChI=1S/C27H25NO5/c1-30-25-13-20(14-26(31-2)27(25)32-3)24(29)12-9-19-16-28-23-11-10-21(15-22(19)23)33-17-18-7-5-4-6-8-18/h4-16,28H,17H2,1-3H3/b12-9+. The van der Waals surface area contributed by atoms with Crippen LogP contribution in [0.5, 0.6) is 23.0 Å². The number of aromatic amines is 1. The number of carbonyl (C=O) groups excluding carboxylic acids is 1. The predicted molar refractivity (Wildman–Crippen MR) is 129 cm³/mol. The summed E-state index contributed by atoms with van der Waals surface area (Å²) >= 11 is 0. The molecule has 6 heteroatoms. The number of fused-ring (bicyclic) bond motifs is 1. The van der Waals surface area contributed by atoms with E-state index in [1.807, 2.05) is 54.7 Å². The molecule has 6 nitrogen and oxygen atoms in total. The SMILES string of the molecule is COc1cc(C(=O)/C=C/c2c[nH]c3ccc(OCc4ccccc4)cc23)cc(OC)c1OC. The van der Waals surface area contributed by atoms with E-state index in [0.717, 1.165) is 27.8 Å². The van der Waals surface area contributed by atoms with Crippen LogP contribution in [0.4, 0.5) is 0 Å². The Morgan fingerprint density at radius 1 is 0.909 bits per heavy atom. The monoisotopic (exact) mass is 443 g/mol. The molecule has 4 rings (SSSR count). The number of hydrogen-bond donors (Lipinski definition) is 1. The highest BCUT2D eigenvalue weighted by Crippen LogP contribution is 2.38. The second kappa shape index (κ2) is 9.96. The molecule has 33 heavy (non-hydrogen) atoms. The van der Waals surface area contributed by atoms with Gasteiger partial charge in [-0.15, -0.1) is 0 Å². The van der Waals surface area contributed by atoms with Gasteiger partial charge in [-0.2, -0.15) is 0 Å². The average Bonchev–Trinajstić information content (AvgIpc) is 3.27. The minimum atomic E-state index is -0.180. The minimum absolute atomic E-state index is 0.180. The van der Waals surface area contributed by atoms with Crippen molar-refractivity contribution in [2.24, 2.45) is 0 Å². The Kier molecular flexibility index (Phi) is 6.64. The van der Waals surface area contributed by atoms with E-state index in [-0.39, 0.29) is 5.78 Å². The predicted octanol–water partition coefficient (Wildman–Crippen LogP) is 5.67. The third-order valence-corrected chi connectivity index (χ3v) is 5.30. The summed E-state index contributed by atoms with van der Waals surface area (Å²) < 4.78 is 22.0. The summed E-state index contributed by atoms with van der Waals surface area (Å²) in [5.74, 6) is 1.89. The number of methoxy groups -OCH3 is 3. The van der Waals surface area contributed by atoms with Crippen molar-refractivity contribution < 1.29 is 23.7 Å². The van der Waals surface area contributed by atoms with Gasteiger partial charge in [-0.05, 0) is 48.0 Å². The molecular weight excluding hydrogens is 418 g/mol. The van der Waals surface area contributed by atoms with Crippen molar-refractivity contribution >= 4 is 22.8 Å². The number of nitrogens with one attached hydrogen (secondary N) is 1. The summed E-state index contributed by atoms with van der Waals surface area (Å²) in [6, 6.07) is 19.1. The largest absolute Gasteiger partial charge is 0.493 e. The number of hydrogen-bond acceptors (Lipinski definition) is 5. The molecule has 0 radical (unpaired) electrons. The number of benzene rings is 3. The van der Waals surface area contributed by atoms with Crippen molar-refractivity contribution in [1.29, 1.82) is 0 Å². The molecule has 0 aliphatic heterocycles. The molecule has 0 aliphatic carbocycles. The first-order chi connectivity index (χ1) is 16.1. The van der Waals surface area contributed by atoms with Crippen molar-refractivity contribution in [3.63, 3.8) is 0 Å². The summed E-state index contributed by atoms with van der Waals surface area (Å²) in [5, 5.41) is 0.967. The van der Waals surface area contributed by atoms with E-state index in [1.54, 1.807) is 18.2 Å². The van der Waals surface area contributed by atoms with E-state index in [2.05, 4.69) is 4.98 Å². The Labute approximate surface area is 192 Å². The maximum absolute atomic E-state index is 12.9. The highest BCUT2D eigenvalue weighted by molar-refractivity contribution is 6.08. The Balaban J connectivity index is 1.56. The molecule has 0 saturated carbocycles. The van der Waals surface area contributed by atoms with Gasteiger partial charge in [0.1, 0.15) is 12.4 Å². The molecule has 168 valence electrons. The van der Waals surface area contributed by atoms with Gasteiger partial charge in [0.15, 0.2) is 17.3 Å².